The van der Waals surface area contributed by atoms with Crippen molar-refractivity contribution in [3.63, 3.8) is 0 Å². The molecule has 132 valence electrons. The smallest absolute Gasteiger partial charge is 0.264 e. The first kappa shape index (κ1) is 17.1. The van der Waals surface area contributed by atoms with Gasteiger partial charge in [0.05, 0.1) is 18.1 Å². The first-order valence-electron chi connectivity index (χ1n) is 7.65. The summed E-state index contributed by atoms with van der Waals surface area (Å²) in [5.41, 5.74) is 0. The standard InChI is InChI=1S/C17H17NO6S/c1-12-3-4-13(24-12)5-8-17(19)18-25(20,21)14-6-7-15-16(11-14)23-10-2-9-22-15/h3-8,11H,2,9-10H2,1H3,(H,18,19). The van der Waals surface area contributed by atoms with Gasteiger partial charge in [-0.2, -0.15) is 0 Å². The number of nitrogens with one attached hydrogen (secondary N) is 1. The topological polar surface area (TPSA) is 94.8 Å². The van der Waals surface area contributed by atoms with Crippen LogP contribution in [-0.4, -0.2) is 27.5 Å². The van der Waals surface area contributed by atoms with Gasteiger partial charge in [0.2, 0.25) is 0 Å². The van der Waals surface area contributed by atoms with Crippen molar-refractivity contribution in [1.82, 2.24) is 4.72 Å². The number of carbonyl (C=O) groups is 1. The van der Waals surface area contributed by atoms with Crippen LogP contribution in [0.3, 0.4) is 0 Å². The SMILES string of the molecule is Cc1ccc(C=CC(=O)NS(=O)(=O)c2ccc3c(c2)OCCCO3)o1. The Hall–Kier alpha value is -2.74. The Kier molecular flexibility index (Phi) is 4.80. The highest BCUT2D eigenvalue weighted by atomic mass is 32.2. The predicted octanol–water partition coefficient (Wildman–Crippen LogP) is 2.27. The number of furan rings is 1. The van der Waals surface area contributed by atoms with Crippen molar-refractivity contribution < 1.29 is 27.1 Å². The Morgan fingerprint density at radius 1 is 1.12 bits per heavy atom. The largest absolute Gasteiger partial charge is 0.490 e. The van der Waals surface area contributed by atoms with E-state index in [0.29, 0.717) is 42.7 Å². The molecule has 7 nitrogen and oxygen atoms in total. The molecule has 0 bridgehead atoms. The van der Waals surface area contributed by atoms with Crippen LogP contribution in [0.15, 0.2) is 45.7 Å². The molecule has 0 saturated carbocycles. The van der Waals surface area contributed by atoms with E-state index in [1.807, 2.05) is 4.72 Å². The molecule has 2 heterocycles. The van der Waals surface area contributed by atoms with Crippen LogP contribution in [0.25, 0.3) is 6.08 Å². The summed E-state index contributed by atoms with van der Waals surface area (Å²) in [4.78, 5) is 11.8. The first-order valence-corrected chi connectivity index (χ1v) is 9.13. The second kappa shape index (κ2) is 7.02. The van der Waals surface area contributed by atoms with Gasteiger partial charge in [0.1, 0.15) is 11.5 Å². The third-order valence-electron chi connectivity index (χ3n) is 3.42. The van der Waals surface area contributed by atoms with Gasteiger partial charge in [0.25, 0.3) is 15.9 Å². The molecule has 1 aliphatic rings. The Balaban J connectivity index is 1.74. The average molecular weight is 363 g/mol. The van der Waals surface area contributed by atoms with Crippen LogP contribution in [0.5, 0.6) is 11.5 Å². The van der Waals surface area contributed by atoms with Crippen molar-refractivity contribution >= 4 is 22.0 Å². The monoisotopic (exact) mass is 363 g/mol. The van der Waals surface area contributed by atoms with Gasteiger partial charge in [0.15, 0.2) is 11.5 Å². The second-order valence-corrected chi connectivity index (χ2v) is 7.09. The summed E-state index contributed by atoms with van der Waals surface area (Å²) < 4.78 is 42.9. The Bertz CT molecular complexity index is 913. The number of rotatable bonds is 4. The van der Waals surface area contributed by atoms with E-state index >= 15 is 0 Å². The maximum atomic E-state index is 12.3. The van der Waals surface area contributed by atoms with Crippen LogP contribution in [0.2, 0.25) is 0 Å². The number of amides is 1. The van der Waals surface area contributed by atoms with E-state index in [1.165, 1.54) is 24.3 Å². The summed E-state index contributed by atoms with van der Waals surface area (Å²) in [6.45, 7) is 2.72. The number of sulfonamides is 1. The molecule has 0 fully saturated rings. The predicted molar refractivity (Wildman–Crippen MR) is 89.9 cm³/mol. The highest BCUT2D eigenvalue weighted by molar-refractivity contribution is 7.90. The summed E-state index contributed by atoms with van der Waals surface area (Å²) in [5, 5.41) is 0. The molecule has 1 amide bonds. The van der Waals surface area contributed by atoms with Crippen molar-refractivity contribution in [2.75, 3.05) is 13.2 Å². The van der Waals surface area contributed by atoms with E-state index in [9.17, 15) is 13.2 Å². The molecule has 1 N–H and O–H groups in total. The fraction of sp³-hybridized carbons (Fsp3) is 0.235. The van der Waals surface area contributed by atoms with Crippen LogP contribution in [0.1, 0.15) is 17.9 Å². The third kappa shape index (κ3) is 4.21. The lowest BCUT2D eigenvalue weighted by molar-refractivity contribution is -0.114. The highest BCUT2D eigenvalue weighted by Gasteiger charge is 2.20. The number of fused-ring (bicyclic) bond motifs is 1. The van der Waals surface area contributed by atoms with Gasteiger partial charge in [-0.25, -0.2) is 13.1 Å². The first-order chi connectivity index (χ1) is 11.9. The van der Waals surface area contributed by atoms with Crippen molar-refractivity contribution in [2.45, 2.75) is 18.2 Å². The maximum Gasteiger partial charge on any atom is 0.264 e. The van der Waals surface area contributed by atoms with Gasteiger partial charge in [-0.3, -0.25) is 4.79 Å². The average Bonchev–Trinajstić information content (AvgIpc) is 2.84. The highest BCUT2D eigenvalue weighted by Crippen LogP contribution is 2.31. The van der Waals surface area contributed by atoms with Gasteiger partial charge in [-0.15, -0.1) is 0 Å². The van der Waals surface area contributed by atoms with Gasteiger partial charge >= 0.3 is 0 Å². The summed E-state index contributed by atoms with van der Waals surface area (Å²) >= 11 is 0. The summed E-state index contributed by atoms with van der Waals surface area (Å²) in [6.07, 6.45) is 3.20. The van der Waals surface area contributed by atoms with E-state index in [1.54, 1.807) is 19.1 Å². The van der Waals surface area contributed by atoms with Crippen molar-refractivity contribution in [2.24, 2.45) is 0 Å². The third-order valence-corrected chi connectivity index (χ3v) is 4.77. The zero-order valence-electron chi connectivity index (χ0n) is 13.5. The van der Waals surface area contributed by atoms with Crippen molar-refractivity contribution in [1.29, 1.82) is 0 Å². The molecular formula is C17H17NO6S. The van der Waals surface area contributed by atoms with Crippen LogP contribution >= 0.6 is 0 Å². The van der Waals surface area contributed by atoms with Crippen molar-refractivity contribution in [3.8, 4) is 11.5 Å². The van der Waals surface area contributed by atoms with Crippen LogP contribution in [-0.2, 0) is 14.8 Å². The molecular weight excluding hydrogens is 346 g/mol. The molecule has 1 aliphatic heterocycles. The molecule has 0 unspecified atom stereocenters. The Labute approximate surface area is 145 Å². The fourth-order valence-electron chi connectivity index (χ4n) is 2.24. The molecule has 25 heavy (non-hydrogen) atoms. The van der Waals surface area contributed by atoms with Crippen LogP contribution < -0.4 is 14.2 Å². The normalized spacial score (nSPS) is 14.3. The van der Waals surface area contributed by atoms with E-state index < -0.39 is 15.9 Å². The molecule has 1 aromatic carbocycles. The van der Waals surface area contributed by atoms with E-state index in [-0.39, 0.29) is 4.90 Å². The summed E-state index contributed by atoms with van der Waals surface area (Å²) in [7, 11) is -4.02. The van der Waals surface area contributed by atoms with Crippen molar-refractivity contribution in [3.05, 3.63) is 47.9 Å². The van der Waals surface area contributed by atoms with Crippen LogP contribution in [0, 0.1) is 6.92 Å². The Morgan fingerprint density at radius 3 is 2.60 bits per heavy atom. The lowest BCUT2D eigenvalue weighted by Gasteiger charge is -2.10. The summed E-state index contributed by atoms with van der Waals surface area (Å²) in [6, 6.07) is 7.64. The fourth-order valence-corrected chi connectivity index (χ4v) is 3.20. The zero-order valence-corrected chi connectivity index (χ0v) is 14.3. The molecule has 1 aromatic heterocycles. The lowest BCUT2D eigenvalue weighted by atomic mass is 10.3. The number of hydrogen-bond acceptors (Lipinski definition) is 6. The van der Waals surface area contributed by atoms with Gasteiger partial charge in [0, 0.05) is 18.6 Å². The minimum Gasteiger partial charge on any atom is -0.490 e. The molecule has 0 saturated heterocycles. The minimum atomic E-state index is -4.02. The zero-order chi connectivity index (χ0) is 17.9. The van der Waals surface area contributed by atoms with E-state index in [0.717, 1.165) is 6.08 Å². The second-order valence-electron chi connectivity index (χ2n) is 5.41. The quantitative estimate of drug-likeness (QED) is 0.838. The molecule has 0 aliphatic carbocycles. The number of benzene rings is 1. The van der Waals surface area contributed by atoms with Gasteiger partial charge < -0.3 is 13.9 Å². The summed E-state index contributed by atoms with van der Waals surface area (Å²) in [5.74, 6) is 1.20. The minimum absolute atomic E-state index is 0.0765. The van der Waals surface area contributed by atoms with E-state index in [4.69, 9.17) is 13.9 Å². The van der Waals surface area contributed by atoms with Crippen LogP contribution in [0.4, 0.5) is 0 Å². The molecule has 8 heteroatoms. The maximum absolute atomic E-state index is 12.3. The Morgan fingerprint density at radius 2 is 1.88 bits per heavy atom. The van der Waals surface area contributed by atoms with E-state index in [2.05, 4.69) is 0 Å². The molecule has 0 spiro atoms. The molecule has 0 radical (unpaired) electrons. The number of aryl methyl sites for hydroxylation is 1. The lowest BCUT2D eigenvalue weighted by Crippen LogP contribution is -2.29. The number of hydrogen-bond donors (Lipinski definition) is 1. The number of carbonyl (C=O) groups excluding carboxylic acids is 1. The molecule has 3 rings (SSSR count). The number of ether oxygens (including phenoxy) is 2. The van der Waals surface area contributed by atoms with Gasteiger partial charge in [-0.1, -0.05) is 0 Å². The molecule has 0 atom stereocenters. The molecule has 2 aromatic rings. The van der Waals surface area contributed by atoms with Gasteiger partial charge in [-0.05, 0) is 37.3 Å².